The largest absolute Gasteiger partial charge is 0.480 e. The van der Waals surface area contributed by atoms with E-state index in [1.54, 1.807) is 5.38 Å². The van der Waals surface area contributed by atoms with Crippen molar-refractivity contribution in [3.05, 3.63) is 11.1 Å². The molecule has 0 spiro atoms. The van der Waals surface area contributed by atoms with Gasteiger partial charge in [0.25, 0.3) is 0 Å². The summed E-state index contributed by atoms with van der Waals surface area (Å²) in [5.41, 5.74) is 6.05. The molecule has 3 N–H and O–H groups in total. The number of carbonyl (C=O) groups excluding carboxylic acids is 1. The Hall–Kier alpha value is -1.63. The van der Waals surface area contributed by atoms with Crippen molar-refractivity contribution in [3.63, 3.8) is 0 Å². The first-order valence-corrected chi connectivity index (χ1v) is 6.10. The molecule has 0 saturated carbocycles. The first-order valence-electron chi connectivity index (χ1n) is 5.22. The summed E-state index contributed by atoms with van der Waals surface area (Å²) in [5, 5.41) is 10.8. The Bertz CT molecular complexity index is 405. The number of carboxylic acids is 1. The van der Waals surface area contributed by atoms with Gasteiger partial charge in [-0.15, -0.1) is 11.3 Å². The number of anilines is 1. The number of thiazole rings is 1. The smallest absolute Gasteiger partial charge is 0.323 e. The number of hydrogen-bond donors (Lipinski definition) is 2. The predicted molar refractivity (Wildman–Crippen MR) is 64.7 cm³/mol. The van der Waals surface area contributed by atoms with Crippen LogP contribution < -0.4 is 5.73 Å². The average molecular weight is 257 g/mol. The normalized spacial score (nSPS) is 10.2. The second-order valence-corrected chi connectivity index (χ2v) is 4.45. The molecule has 1 aromatic heterocycles. The molecule has 0 atom stereocenters. The van der Waals surface area contributed by atoms with Crippen molar-refractivity contribution >= 4 is 28.3 Å². The highest BCUT2D eigenvalue weighted by Crippen LogP contribution is 2.12. The van der Waals surface area contributed by atoms with Crippen LogP contribution in [0.4, 0.5) is 5.13 Å². The van der Waals surface area contributed by atoms with Crippen LogP contribution >= 0.6 is 11.3 Å². The van der Waals surface area contributed by atoms with Crippen LogP contribution in [0.15, 0.2) is 5.38 Å². The molecule has 0 fully saturated rings. The molecule has 0 aliphatic carbocycles. The van der Waals surface area contributed by atoms with Gasteiger partial charge in [0, 0.05) is 11.9 Å². The molecule has 1 amide bonds. The second-order valence-electron chi connectivity index (χ2n) is 3.56. The van der Waals surface area contributed by atoms with E-state index in [0.717, 1.165) is 6.42 Å². The molecule has 0 bridgehead atoms. The summed E-state index contributed by atoms with van der Waals surface area (Å²) in [6.45, 7) is 2.06. The van der Waals surface area contributed by atoms with Crippen LogP contribution in [0.25, 0.3) is 0 Å². The van der Waals surface area contributed by atoms with Gasteiger partial charge in [0.1, 0.15) is 6.54 Å². The summed E-state index contributed by atoms with van der Waals surface area (Å²) in [6, 6.07) is 0. The van der Waals surface area contributed by atoms with E-state index in [4.69, 9.17) is 10.8 Å². The lowest BCUT2D eigenvalue weighted by Crippen LogP contribution is -2.37. The Morgan fingerprint density at radius 2 is 2.29 bits per heavy atom. The molecule has 17 heavy (non-hydrogen) atoms. The van der Waals surface area contributed by atoms with Gasteiger partial charge in [0.05, 0.1) is 12.1 Å². The molecule has 0 saturated heterocycles. The van der Waals surface area contributed by atoms with E-state index in [-0.39, 0.29) is 18.9 Å². The number of nitrogen functional groups attached to an aromatic ring is 1. The molecular formula is C10H15N3O3S. The summed E-state index contributed by atoms with van der Waals surface area (Å²) in [7, 11) is 0. The topological polar surface area (TPSA) is 96.5 Å². The lowest BCUT2D eigenvalue weighted by Gasteiger charge is -2.19. The van der Waals surface area contributed by atoms with Crippen LogP contribution in [-0.4, -0.2) is 40.0 Å². The predicted octanol–water partition coefficient (Wildman–Crippen LogP) is 0.591. The Kier molecular flexibility index (Phi) is 4.89. The first-order chi connectivity index (χ1) is 8.02. The number of rotatable bonds is 6. The molecule has 0 aromatic carbocycles. The van der Waals surface area contributed by atoms with Crippen molar-refractivity contribution in [1.29, 1.82) is 0 Å². The third kappa shape index (κ3) is 4.39. The Morgan fingerprint density at radius 3 is 2.76 bits per heavy atom. The Morgan fingerprint density at radius 1 is 1.59 bits per heavy atom. The van der Waals surface area contributed by atoms with E-state index in [0.29, 0.717) is 17.4 Å². The van der Waals surface area contributed by atoms with Crippen molar-refractivity contribution in [1.82, 2.24) is 9.88 Å². The van der Waals surface area contributed by atoms with Gasteiger partial charge in [-0.2, -0.15) is 0 Å². The Balaban J connectivity index is 2.61. The van der Waals surface area contributed by atoms with E-state index in [1.165, 1.54) is 16.2 Å². The van der Waals surface area contributed by atoms with Crippen molar-refractivity contribution in [2.24, 2.45) is 0 Å². The van der Waals surface area contributed by atoms with Gasteiger partial charge in [-0.1, -0.05) is 6.92 Å². The maximum Gasteiger partial charge on any atom is 0.323 e. The average Bonchev–Trinajstić information content (AvgIpc) is 2.62. The SMILES string of the molecule is CCCN(CC(=O)O)C(=O)Cc1csc(N)n1. The van der Waals surface area contributed by atoms with E-state index >= 15 is 0 Å². The lowest BCUT2D eigenvalue weighted by atomic mass is 10.3. The second kappa shape index (κ2) is 6.19. The number of amides is 1. The van der Waals surface area contributed by atoms with E-state index in [2.05, 4.69) is 4.98 Å². The van der Waals surface area contributed by atoms with E-state index < -0.39 is 5.97 Å². The first kappa shape index (κ1) is 13.4. The Labute approximate surface area is 103 Å². The molecule has 0 unspecified atom stereocenters. The zero-order chi connectivity index (χ0) is 12.8. The summed E-state index contributed by atoms with van der Waals surface area (Å²) in [4.78, 5) is 27.7. The maximum absolute atomic E-state index is 11.8. The van der Waals surface area contributed by atoms with Gasteiger partial charge in [-0.05, 0) is 6.42 Å². The highest BCUT2D eigenvalue weighted by atomic mass is 32.1. The maximum atomic E-state index is 11.8. The highest BCUT2D eigenvalue weighted by molar-refractivity contribution is 7.13. The number of nitrogens with two attached hydrogens (primary N) is 1. The van der Waals surface area contributed by atoms with Gasteiger partial charge >= 0.3 is 5.97 Å². The minimum atomic E-state index is -1.01. The molecule has 6 nitrogen and oxygen atoms in total. The molecule has 94 valence electrons. The summed E-state index contributed by atoms with van der Waals surface area (Å²) in [6.07, 6.45) is 0.819. The molecular weight excluding hydrogens is 242 g/mol. The zero-order valence-corrected chi connectivity index (χ0v) is 10.4. The minimum absolute atomic E-state index is 0.0982. The fraction of sp³-hybridized carbons (Fsp3) is 0.500. The van der Waals surface area contributed by atoms with Crippen molar-refractivity contribution < 1.29 is 14.7 Å². The van der Waals surface area contributed by atoms with Gasteiger partial charge < -0.3 is 15.7 Å². The van der Waals surface area contributed by atoms with Crippen molar-refractivity contribution in [2.75, 3.05) is 18.8 Å². The van der Waals surface area contributed by atoms with Gasteiger partial charge in [-0.3, -0.25) is 9.59 Å². The van der Waals surface area contributed by atoms with Crippen LogP contribution in [0, 0.1) is 0 Å². The van der Waals surface area contributed by atoms with Crippen LogP contribution in [-0.2, 0) is 16.0 Å². The van der Waals surface area contributed by atoms with Crippen LogP contribution in [0.3, 0.4) is 0 Å². The molecule has 1 heterocycles. The van der Waals surface area contributed by atoms with E-state index in [9.17, 15) is 9.59 Å². The van der Waals surface area contributed by atoms with Crippen LogP contribution in [0.5, 0.6) is 0 Å². The number of hydrogen-bond acceptors (Lipinski definition) is 5. The fourth-order valence-electron chi connectivity index (χ4n) is 1.40. The summed E-state index contributed by atoms with van der Waals surface area (Å²) in [5.74, 6) is -1.25. The van der Waals surface area contributed by atoms with Gasteiger partial charge in [0.2, 0.25) is 5.91 Å². The summed E-state index contributed by atoms with van der Waals surface area (Å²) >= 11 is 1.26. The summed E-state index contributed by atoms with van der Waals surface area (Å²) < 4.78 is 0. The van der Waals surface area contributed by atoms with Gasteiger partial charge in [0.15, 0.2) is 5.13 Å². The third-order valence-corrected chi connectivity index (χ3v) is 2.80. The molecule has 1 rings (SSSR count). The molecule has 7 heteroatoms. The van der Waals surface area contributed by atoms with Crippen LogP contribution in [0.2, 0.25) is 0 Å². The highest BCUT2D eigenvalue weighted by Gasteiger charge is 2.17. The number of nitrogens with zero attached hydrogens (tertiary/aromatic N) is 2. The monoisotopic (exact) mass is 257 g/mol. The van der Waals surface area contributed by atoms with Gasteiger partial charge in [-0.25, -0.2) is 4.98 Å². The number of carbonyl (C=O) groups is 2. The minimum Gasteiger partial charge on any atom is -0.480 e. The number of carboxylic acid groups (broad SMARTS) is 1. The fourth-order valence-corrected chi connectivity index (χ4v) is 1.96. The standard InChI is InChI=1S/C10H15N3O3S/c1-2-3-13(5-9(15)16)8(14)4-7-6-17-10(11)12-7/h6H,2-5H2,1H3,(H2,11,12)(H,15,16). The van der Waals surface area contributed by atoms with Crippen molar-refractivity contribution in [2.45, 2.75) is 19.8 Å². The quantitative estimate of drug-likeness (QED) is 0.777. The van der Waals surface area contributed by atoms with Crippen molar-refractivity contribution in [3.8, 4) is 0 Å². The third-order valence-electron chi connectivity index (χ3n) is 2.07. The molecule has 0 aliphatic heterocycles. The lowest BCUT2D eigenvalue weighted by molar-refractivity contribution is -0.144. The molecule has 1 aromatic rings. The van der Waals surface area contributed by atoms with E-state index in [1.807, 2.05) is 6.92 Å². The zero-order valence-electron chi connectivity index (χ0n) is 9.55. The molecule has 0 aliphatic rings. The number of aliphatic carboxylic acids is 1. The number of aromatic nitrogens is 1. The van der Waals surface area contributed by atoms with Crippen LogP contribution in [0.1, 0.15) is 19.0 Å². The molecule has 0 radical (unpaired) electrons.